The molecule has 2 aromatic rings. The predicted molar refractivity (Wildman–Crippen MR) is 92.7 cm³/mol. The van der Waals surface area contributed by atoms with E-state index in [9.17, 15) is 9.59 Å². The second-order valence-electron chi connectivity index (χ2n) is 6.49. The molecule has 1 aromatic carbocycles. The quantitative estimate of drug-likeness (QED) is 0.760. The predicted octanol–water partition coefficient (Wildman–Crippen LogP) is 2.54. The Balaban J connectivity index is 1.90. The van der Waals surface area contributed by atoms with Crippen molar-refractivity contribution in [1.29, 1.82) is 0 Å². The van der Waals surface area contributed by atoms with E-state index in [0.717, 1.165) is 0 Å². The van der Waals surface area contributed by atoms with Gasteiger partial charge in [-0.15, -0.1) is 0 Å². The van der Waals surface area contributed by atoms with E-state index >= 15 is 0 Å². The lowest BCUT2D eigenvalue weighted by atomic mass is 10.1. The zero-order chi connectivity index (χ0) is 17.6. The average molecular weight is 329 g/mol. The normalized spacial score (nSPS) is 11.1. The molecule has 6 heteroatoms. The zero-order valence-corrected chi connectivity index (χ0v) is 14.2. The van der Waals surface area contributed by atoms with Crippen molar-refractivity contribution in [2.45, 2.75) is 32.9 Å². The highest BCUT2D eigenvalue weighted by atomic mass is 16.3. The number of hydrogen-bond donors (Lipinski definition) is 3. The van der Waals surface area contributed by atoms with Gasteiger partial charge in [0.1, 0.15) is 5.76 Å². The van der Waals surface area contributed by atoms with Crippen LogP contribution in [0.25, 0.3) is 0 Å². The minimum absolute atomic E-state index is 0.134. The summed E-state index contributed by atoms with van der Waals surface area (Å²) in [5.74, 6) is 0.300. The fourth-order valence-corrected chi connectivity index (χ4v) is 1.97. The number of carbonyl (C=O) groups is 2. The van der Waals surface area contributed by atoms with E-state index in [1.165, 1.54) is 0 Å². The highest BCUT2D eigenvalue weighted by Gasteiger charge is 2.12. The van der Waals surface area contributed by atoms with E-state index in [1.54, 1.807) is 42.7 Å². The molecule has 0 saturated carbocycles. The molecule has 0 fully saturated rings. The molecule has 0 radical (unpaired) electrons. The summed E-state index contributed by atoms with van der Waals surface area (Å²) in [5.41, 5.74) is 0.926. The molecule has 6 nitrogen and oxygen atoms in total. The van der Waals surface area contributed by atoms with Gasteiger partial charge in [-0.3, -0.25) is 9.59 Å². The van der Waals surface area contributed by atoms with Crippen LogP contribution in [-0.4, -0.2) is 23.9 Å². The van der Waals surface area contributed by atoms with Gasteiger partial charge in [0, 0.05) is 16.8 Å². The van der Waals surface area contributed by atoms with Crippen LogP contribution in [0, 0.1) is 0 Å². The average Bonchev–Trinajstić information content (AvgIpc) is 3.04. The summed E-state index contributed by atoms with van der Waals surface area (Å²) in [4.78, 5) is 24.1. The van der Waals surface area contributed by atoms with E-state index in [-0.39, 0.29) is 23.9 Å². The second kappa shape index (κ2) is 7.79. The SMILES string of the molecule is CC(C)(C)NCC(=O)Nc1cccc(C(=O)NCc2ccco2)c1. The van der Waals surface area contributed by atoms with Gasteiger partial charge in [0.25, 0.3) is 5.91 Å². The molecule has 2 rings (SSSR count). The van der Waals surface area contributed by atoms with Gasteiger partial charge in [0.2, 0.25) is 5.91 Å². The molecule has 1 aromatic heterocycles. The third-order valence-electron chi connectivity index (χ3n) is 3.19. The summed E-state index contributed by atoms with van der Waals surface area (Å²) >= 11 is 0. The zero-order valence-electron chi connectivity index (χ0n) is 14.2. The Bertz CT molecular complexity index is 688. The summed E-state index contributed by atoms with van der Waals surface area (Å²) in [6, 6.07) is 10.4. The van der Waals surface area contributed by atoms with Crippen LogP contribution in [0.5, 0.6) is 0 Å². The highest BCUT2D eigenvalue weighted by Crippen LogP contribution is 2.11. The van der Waals surface area contributed by atoms with Crippen LogP contribution in [0.4, 0.5) is 5.69 Å². The Morgan fingerprint density at radius 1 is 1.12 bits per heavy atom. The number of carbonyl (C=O) groups excluding carboxylic acids is 2. The Hall–Kier alpha value is -2.60. The summed E-state index contributed by atoms with van der Waals surface area (Å²) < 4.78 is 5.17. The van der Waals surface area contributed by atoms with Crippen LogP contribution in [0.1, 0.15) is 36.9 Å². The van der Waals surface area contributed by atoms with Crippen LogP contribution in [0.3, 0.4) is 0 Å². The molecular formula is C18H23N3O3. The highest BCUT2D eigenvalue weighted by molar-refractivity contribution is 5.97. The van der Waals surface area contributed by atoms with Crippen molar-refractivity contribution in [2.75, 3.05) is 11.9 Å². The molecule has 1 heterocycles. The van der Waals surface area contributed by atoms with E-state index < -0.39 is 0 Å². The maximum atomic E-state index is 12.2. The minimum Gasteiger partial charge on any atom is -0.467 e. The first kappa shape index (κ1) is 17.7. The van der Waals surface area contributed by atoms with Gasteiger partial charge in [-0.2, -0.15) is 0 Å². The molecule has 0 aliphatic heterocycles. The fourth-order valence-electron chi connectivity index (χ4n) is 1.97. The Labute approximate surface area is 141 Å². The van der Waals surface area contributed by atoms with Gasteiger partial charge in [-0.05, 0) is 51.1 Å². The first-order chi connectivity index (χ1) is 11.3. The topological polar surface area (TPSA) is 83.4 Å². The number of furan rings is 1. The summed E-state index contributed by atoms with van der Waals surface area (Å²) in [6.07, 6.45) is 1.56. The van der Waals surface area contributed by atoms with Crippen LogP contribution < -0.4 is 16.0 Å². The van der Waals surface area contributed by atoms with Crippen molar-refractivity contribution < 1.29 is 14.0 Å². The maximum absolute atomic E-state index is 12.2. The lowest BCUT2D eigenvalue weighted by Gasteiger charge is -2.20. The molecule has 3 N–H and O–H groups in total. The Morgan fingerprint density at radius 2 is 1.92 bits per heavy atom. The molecule has 0 bridgehead atoms. The molecule has 128 valence electrons. The third-order valence-corrected chi connectivity index (χ3v) is 3.19. The maximum Gasteiger partial charge on any atom is 0.251 e. The van der Waals surface area contributed by atoms with Gasteiger partial charge < -0.3 is 20.4 Å². The first-order valence-electron chi connectivity index (χ1n) is 7.79. The van der Waals surface area contributed by atoms with Crippen molar-refractivity contribution >= 4 is 17.5 Å². The van der Waals surface area contributed by atoms with Crippen molar-refractivity contribution in [3.63, 3.8) is 0 Å². The third kappa shape index (κ3) is 5.89. The number of amides is 2. The molecule has 24 heavy (non-hydrogen) atoms. The van der Waals surface area contributed by atoms with Gasteiger partial charge >= 0.3 is 0 Å². The molecule has 0 unspecified atom stereocenters. The second-order valence-corrected chi connectivity index (χ2v) is 6.49. The van der Waals surface area contributed by atoms with Crippen molar-refractivity contribution in [3.8, 4) is 0 Å². The number of hydrogen-bond acceptors (Lipinski definition) is 4. The van der Waals surface area contributed by atoms with Crippen molar-refractivity contribution in [3.05, 3.63) is 54.0 Å². The molecular weight excluding hydrogens is 306 g/mol. The lowest BCUT2D eigenvalue weighted by molar-refractivity contribution is -0.115. The Morgan fingerprint density at radius 3 is 2.58 bits per heavy atom. The number of nitrogens with one attached hydrogen (secondary N) is 3. The van der Waals surface area contributed by atoms with Crippen LogP contribution in [-0.2, 0) is 11.3 Å². The molecule has 0 saturated heterocycles. The largest absolute Gasteiger partial charge is 0.467 e. The molecule has 0 aliphatic rings. The summed E-state index contributed by atoms with van der Waals surface area (Å²) in [6.45, 7) is 6.50. The monoisotopic (exact) mass is 329 g/mol. The Kier molecular flexibility index (Phi) is 5.76. The minimum atomic E-state index is -0.227. The van der Waals surface area contributed by atoms with E-state index in [2.05, 4.69) is 16.0 Å². The van der Waals surface area contributed by atoms with Gasteiger partial charge in [0.15, 0.2) is 0 Å². The lowest BCUT2D eigenvalue weighted by Crippen LogP contribution is -2.41. The van der Waals surface area contributed by atoms with Gasteiger partial charge in [-0.25, -0.2) is 0 Å². The molecule has 0 aliphatic carbocycles. The van der Waals surface area contributed by atoms with E-state index in [4.69, 9.17) is 4.42 Å². The summed E-state index contributed by atoms with van der Waals surface area (Å²) in [5, 5.41) is 8.66. The first-order valence-corrected chi connectivity index (χ1v) is 7.79. The van der Waals surface area contributed by atoms with Crippen LogP contribution in [0.15, 0.2) is 47.1 Å². The molecule has 2 amide bonds. The van der Waals surface area contributed by atoms with Crippen molar-refractivity contribution in [2.24, 2.45) is 0 Å². The standard InChI is InChI=1S/C18H23N3O3/c1-18(2,3)20-12-16(22)21-14-7-4-6-13(10-14)17(23)19-11-15-8-5-9-24-15/h4-10,20H,11-12H2,1-3H3,(H,19,23)(H,21,22). The molecule has 0 atom stereocenters. The van der Waals surface area contributed by atoms with E-state index in [0.29, 0.717) is 23.6 Å². The van der Waals surface area contributed by atoms with Crippen LogP contribution in [0.2, 0.25) is 0 Å². The van der Waals surface area contributed by atoms with Gasteiger partial charge in [0.05, 0.1) is 19.4 Å². The summed E-state index contributed by atoms with van der Waals surface area (Å²) in [7, 11) is 0. The van der Waals surface area contributed by atoms with Crippen molar-refractivity contribution in [1.82, 2.24) is 10.6 Å². The smallest absolute Gasteiger partial charge is 0.251 e. The number of benzene rings is 1. The van der Waals surface area contributed by atoms with E-state index in [1.807, 2.05) is 20.8 Å². The number of anilines is 1. The van der Waals surface area contributed by atoms with Gasteiger partial charge in [-0.1, -0.05) is 6.07 Å². The van der Waals surface area contributed by atoms with Crippen LogP contribution >= 0.6 is 0 Å². The molecule has 0 spiro atoms. The number of rotatable bonds is 6. The fraction of sp³-hybridized carbons (Fsp3) is 0.333.